The second-order valence-electron chi connectivity index (χ2n) is 6.23. The third-order valence-electron chi connectivity index (χ3n) is 4.18. The van der Waals surface area contributed by atoms with Gasteiger partial charge in [-0.05, 0) is 12.8 Å². The standard InChI is InChI=1S/C18H39N3/c1-3-5-7-9-11-13-17(18(20)21-16-15-19)14-12-10-8-6-4-2/h17H,3-16,19H2,1-2H3,(H2,20,21). The molecule has 0 saturated carbocycles. The first kappa shape index (κ1) is 20.4. The van der Waals surface area contributed by atoms with Crippen molar-refractivity contribution in [3.05, 3.63) is 0 Å². The fourth-order valence-corrected chi connectivity index (χ4v) is 2.77. The average molecular weight is 298 g/mol. The maximum Gasteiger partial charge on any atom is 0.0963 e. The van der Waals surface area contributed by atoms with Crippen molar-refractivity contribution >= 4 is 5.84 Å². The highest BCUT2D eigenvalue weighted by Crippen LogP contribution is 2.19. The number of amidine groups is 1. The number of nitrogens with two attached hydrogens (primary N) is 1. The zero-order valence-corrected chi connectivity index (χ0v) is 14.6. The van der Waals surface area contributed by atoms with E-state index in [4.69, 9.17) is 11.1 Å². The molecule has 0 aliphatic heterocycles. The Kier molecular flexibility index (Phi) is 15.4. The molecular weight excluding hydrogens is 258 g/mol. The van der Waals surface area contributed by atoms with Gasteiger partial charge in [0.25, 0.3) is 0 Å². The van der Waals surface area contributed by atoms with Gasteiger partial charge in [0.15, 0.2) is 0 Å². The highest BCUT2D eigenvalue weighted by atomic mass is 14.9. The van der Waals surface area contributed by atoms with Gasteiger partial charge < -0.3 is 11.1 Å². The van der Waals surface area contributed by atoms with Gasteiger partial charge in [-0.3, -0.25) is 5.41 Å². The molecule has 0 radical (unpaired) electrons. The van der Waals surface area contributed by atoms with E-state index >= 15 is 0 Å². The van der Waals surface area contributed by atoms with Crippen LogP contribution >= 0.6 is 0 Å². The summed E-state index contributed by atoms with van der Waals surface area (Å²) in [5.41, 5.74) is 5.53. The van der Waals surface area contributed by atoms with Crippen LogP contribution in [-0.4, -0.2) is 18.9 Å². The summed E-state index contributed by atoms with van der Waals surface area (Å²) < 4.78 is 0. The quantitative estimate of drug-likeness (QED) is 0.230. The molecule has 0 aliphatic rings. The molecule has 21 heavy (non-hydrogen) atoms. The van der Waals surface area contributed by atoms with Gasteiger partial charge in [-0.15, -0.1) is 0 Å². The first-order chi connectivity index (χ1) is 10.3. The number of nitrogens with one attached hydrogen (secondary N) is 2. The fourth-order valence-electron chi connectivity index (χ4n) is 2.77. The third kappa shape index (κ3) is 12.9. The average Bonchev–Trinajstić information content (AvgIpc) is 2.50. The Hall–Kier alpha value is -0.570. The highest BCUT2D eigenvalue weighted by Gasteiger charge is 2.13. The van der Waals surface area contributed by atoms with Crippen molar-refractivity contribution in [1.29, 1.82) is 5.41 Å². The summed E-state index contributed by atoms with van der Waals surface area (Å²) in [5, 5.41) is 11.4. The number of hydrogen-bond acceptors (Lipinski definition) is 2. The van der Waals surface area contributed by atoms with Crippen molar-refractivity contribution in [1.82, 2.24) is 5.32 Å². The Morgan fingerprint density at radius 1 is 0.857 bits per heavy atom. The second kappa shape index (κ2) is 15.8. The predicted octanol–water partition coefficient (Wildman–Crippen LogP) is 4.85. The molecule has 0 heterocycles. The van der Waals surface area contributed by atoms with Crippen molar-refractivity contribution in [3.63, 3.8) is 0 Å². The fraction of sp³-hybridized carbons (Fsp3) is 0.944. The molecular formula is C18H39N3. The first-order valence-corrected chi connectivity index (χ1v) is 9.28. The summed E-state index contributed by atoms with van der Waals surface area (Å²) in [6, 6.07) is 0. The summed E-state index contributed by atoms with van der Waals surface area (Å²) in [7, 11) is 0. The van der Waals surface area contributed by atoms with Gasteiger partial charge in [0.1, 0.15) is 0 Å². The van der Waals surface area contributed by atoms with E-state index < -0.39 is 0 Å². The Balaban J connectivity index is 3.93. The Bertz CT molecular complexity index is 215. The van der Waals surface area contributed by atoms with Gasteiger partial charge >= 0.3 is 0 Å². The number of unbranched alkanes of at least 4 members (excludes halogenated alkanes) is 8. The van der Waals surface area contributed by atoms with Gasteiger partial charge in [0.2, 0.25) is 0 Å². The van der Waals surface area contributed by atoms with E-state index in [0.29, 0.717) is 12.5 Å². The van der Waals surface area contributed by atoms with Crippen molar-refractivity contribution in [2.24, 2.45) is 11.7 Å². The normalized spacial score (nSPS) is 11.0. The van der Waals surface area contributed by atoms with Gasteiger partial charge in [-0.2, -0.15) is 0 Å². The van der Waals surface area contributed by atoms with Crippen molar-refractivity contribution in [3.8, 4) is 0 Å². The molecule has 0 rings (SSSR count). The minimum atomic E-state index is 0.430. The molecule has 0 aromatic carbocycles. The van der Waals surface area contributed by atoms with Crippen LogP contribution in [0.5, 0.6) is 0 Å². The monoisotopic (exact) mass is 297 g/mol. The molecule has 0 aromatic heterocycles. The molecule has 0 aliphatic carbocycles. The molecule has 3 heteroatoms. The van der Waals surface area contributed by atoms with Crippen LogP contribution in [-0.2, 0) is 0 Å². The minimum Gasteiger partial charge on any atom is -0.373 e. The summed E-state index contributed by atoms with van der Waals surface area (Å²) in [6.45, 7) is 5.86. The molecule has 0 fully saturated rings. The largest absolute Gasteiger partial charge is 0.373 e. The lowest BCUT2D eigenvalue weighted by Gasteiger charge is -2.19. The third-order valence-corrected chi connectivity index (χ3v) is 4.18. The van der Waals surface area contributed by atoms with E-state index in [1.165, 1.54) is 77.0 Å². The van der Waals surface area contributed by atoms with Gasteiger partial charge in [0.05, 0.1) is 5.84 Å². The lowest BCUT2D eigenvalue weighted by Crippen LogP contribution is -2.33. The van der Waals surface area contributed by atoms with E-state index in [1.807, 2.05) is 0 Å². The van der Waals surface area contributed by atoms with Crippen molar-refractivity contribution < 1.29 is 0 Å². The summed E-state index contributed by atoms with van der Waals surface area (Å²) >= 11 is 0. The van der Waals surface area contributed by atoms with Gasteiger partial charge in [-0.1, -0.05) is 78.1 Å². The van der Waals surface area contributed by atoms with E-state index in [9.17, 15) is 0 Å². The number of rotatable bonds is 15. The maximum absolute atomic E-state index is 8.22. The molecule has 0 aromatic rings. The van der Waals surface area contributed by atoms with E-state index in [1.54, 1.807) is 0 Å². The van der Waals surface area contributed by atoms with Crippen LogP contribution in [0.25, 0.3) is 0 Å². The smallest absolute Gasteiger partial charge is 0.0963 e. The lowest BCUT2D eigenvalue weighted by molar-refractivity contribution is 0.478. The topological polar surface area (TPSA) is 61.9 Å². The van der Waals surface area contributed by atoms with Crippen molar-refractivity contribution in [2.45, 2.75) is 90.9 Å². The molecule has 0 unspecified atom stereocenters. The Morgan fingerprint density at radius 2 is 1.33 bits per heavy atom. The van der Waals surface area contributed by atoms with Crippen LogP contribution in [0.1, 0.15) is 90.9 Å². The predicted molar refractivity (Wildman–Crippen MR) is 95.0 cm³/mol. The van der Waals surface area contributed by atoms with Crippen LogP contribution in [0.4, 0.5) is 0 Å². The second-order valence-corrected chi connectivity index (χ2v) is 6.23. The molecule has 0 saturated heterocycles. The Labute approximate surface area is 133 Å². The molecule has 4 N–H and O–H groups in total. The maximum atomic E-state index is 8.22. The summed E-state index contributed by atoms with van der Waals surface area (Å²) in [5.74, 6) is 1.16. The lowest BCUT2D eigenvalue weighted by atomic mass is 9.93. The zero-order chi connectivity index (χ0) is 15.8. The Morgan fingerprint density at radius 3 is 1.76 bits per heavy atom. The van der Waals surface area contributed by atoms with Crippen LogP contribution in [0.2, 0.25) is 0 Å². The molecule has 0 atom stereocenters. The van der Waals surface area contributed by atoms with Crippen molar-refractivity contribution in [2.75, 3.05) is 13.1 Å². The number of hydrogen-bond donors (Lipinski definition) is 3. The van der Waals surface area contributed by atoms with Crippen LogP contribution in [0, 0.1) is 11.3 Å². The molecule has 0 bridgehead atoms. The van der Waals surface area contributed by atoms with E-state index in [0.717, 1.165) is 12.4 Å². The van der Waals surface area contributed by atoms with Crippen LogP contribution in [0.3, 0.4) is 0 Å². The van der Waals surface area contributed by atoms with E-state index in [2.05, 4.69) is 19.2 Å². The summed E-state index contributed by atoms with van der Waals surface area (Å²) in [6.07, 6.45) is 15.5. The van der Waals surface area contributed by atoms with Gasteiger partial charge in [-0.25, -0.2) is 0 Å². The van der Waals surface area contributed by atoms with Gasteiger partial charge in [0, 0.05) is 19.0 Å². The summed E-state index contributed by atoms with van der Waals surface area (Å²) in [4.78, 5) is 0. The first-order valence-electron chi connectivity index (χ1n) is 9.28. The van der Waals surface area contributed by atoms with Crippen LogP contribution in [0.15, 0.2) is 0 Å². The minimum absolute atomic E-state index is 0.430. The molecule has 0 spiro atoms. The SMILES string of the molecule is CCCCCCCC(CCCCCCC)C(=N)NCCN. The van der Waals surface area contributed by atoms with E-state index in [-0.39, 0.29) is 0 Å². The molecule has 126 valence electrons. The molecule has 3 nitrogen and oxygen atoms in total. The highest BCUT2D eigenvalue weighted by molar-refractivity contribution is 5.81. The zero-order valence-electron chi connectivity index (χ0n) is 14.6. The molecule has 0 amide bonds. The van der Waals surface area contributed by atoms with Crippen LogP contribution < -0.4 is 11.1 Å².